The third-order valence-corrected chi connectivity index (χ3v) is 5.78. The first-order valence-corrected chi connectivity index (χ1v) is 10.2. The molecular formula is C21H27N3O8. The Morgan fingerprint density at radius 3 is 2.34 bits per heavy atom. The van der Waals surface area contributed by atoms with Gasteiger partial charge in [0.2, 0.25) is 5.75 Å². The number of carbonyl (C=O) groups is 4. The largest absolute Gasteiger partial charge is 0.493 e. The van der Waals surface area contributed by atoms with Crippen molar-refractivity contribution in [3.05, 3.63) is 17.7 Å². The first kappa shape index (κ1) is 23.2. The topological polar surface area (TPSA) is 132 Å². The minimum atomic E-state index is -0.986. The van der Waals surface area contributed by atoms with Crippen molar-refractivity contribution in [2.45, 2.75) is 38.1 Å². The number of hydrogen-bond donors (Lipinski definition) is 2. The van der Waals surface area contributed by atoms with E-state index in [1.165, 1.54) is 33.5 Å². The summed E-state index contributed by atoms with van der Waals surface area (Å²) in [6.45, 7) is 1.38. The predicted octanol–water partition coefficient (Wildman–Crippen LogP) is 1.40. The quantitative estimate of drug-likeness (QED) is 0.472. The molecule has 0 radical (unpaired) electrons. The van der Waals surface area contributed by atoms with Crippen LogP contribution in [0.1, 0.15) is 43.0 Å². The van der Waals surface area contributed by atoms with Gasteiger partial charge >= 0.3 is 12.0 Å². The normalized spacial score (nSPS) is 22.4. The Morgan fingerprint density at radius 1 is 1.09 bits per heavy atom. The summed E-state index contributed by atoms with van der Waals surface area (Å²) < 4.78 is 20.7. The van der Waals surface area contributed by atoms with Gasteiger partial charge in [0, 0.05) is 0 Å². The Bertz CT molecular complexity index is 924. The molecule has 2 aliphatic rings. The van der Waals surface area contributed by atoms with Gasteiger partial charge < -0.3 is 24.3 Å². The molecule has 1 aromatic carbocycles. The van der Waals surface area contributed by atoms with Crippen LogP contribution in [0.4, 0.5) is 4.79 Å². The summed E-state index contributed by atoms with van der Waals surface area (Å²) in [4.78, 5) is 49.9. The van der Waals surface area contributed by atoms with Gasteiger partial charge in [-0.2, -0.15) is 5.01 Å². The molecular weight excluding hydrogens is 422 g/mol. The molecule has 3 rings (SSSR count). The summed E-state index contributed by atoms with van der Waals surface area (Å²) in [6, 6.07) is 2.20. The number of benzene rings is 1. The number of hydrazine groups is 1. The second-order valence-electron chi connectivity index (χ2n) is 7.83. The Hall–Kier alpha value is -3.50. The molecule has 1 saturated carbocycles. The van der Waals surface area contributed by atoms with Gasteiger partial charge in [0.05, 0.1) is 21.3 Å². The van der Waals surface area contributed by atoms with Crippen LogP contribution < -0.4 is 25.0 Å². The van der Waals surface area contributed by atoms with Gasteiger partial charge in [-0.05, 0) is 43.7 Å². The first-order valence-electron chi connectivity index (χ1n) is 10.2. The minimum absolute atomic E-state index is 0.0169. The molecule has 0 atom stereocenters. The molecule has 11 nitrogen and oxygen atoms in total. The predicted molar refractivity (Wildman–Crippen MR) is 110 cm³/mol. The highest BCUT2D eigenvalue weighted by Crippen LogP contribution is 2.40. The minimum Gasteiger partial charge on any atom is -0.493 e. The summed E-state index contributed by atoms with van der Waals surface area (Å²) in [5, 5.41) is 3.35. The fourth-order valence-corrected chi connectivity index (χ4v) is 3.94. The summed E-state index contributed by atoms with van der Waals surface area (Å²) in [6.07, 6.45) is 2.63. The van der Waals surface area contributed by atoms with Crippen LogP contribution in [0, 0.1) is 5.92 Å². The van der Waals surface area contributed by atoms with Crippen molar-refractivity contribution in [3.8, 4) is 17.2 Å². The maximum Gasteiger partial charge on any atom is 0.344 e. The fraction of sp³-hybridized carbons (Fsp3) is 0.524. The first-order chi connectivity index (χ1) is 15.3. The average molecular weight is 449 g/mol. The molecule has 4 amide bonds. The lowest BCUT2D eigenvalue weighted by Crippen LogP contribution is -2.52. The highest BCUT2D eigenvalue weighted by molar-refractivity contribution is 6.08. The summed E-state index contributed by atoms with van der Waals surface area (Å²) in [7, 11) is 4.18. The molecule has 174 valence electrons. The van der Waals surface area contributed by atoms with E-state index in [0.717, 1.165) is 12.8 Å². The zero-order chi connectivity index (χ0) is 23.5. The van der Waals surface area contributed by atoms with Crippen LogP contribution in [-0.2, 0) is 14.3 Å². The molecule has 1 saturated heterocycles. The van der Waals surface area contributed by atoms with Crippen LogP contribution >= 0.6 is 0 Å². The standard InChI is InChI=1S/C21H27N3O8/c1-12-7-9-21(10-8-12)19(27)24(20(28)22-21)23-15(25)11-32-18(26)13-5-6-14(29-2)17(31-4)16(13)30-3/h5-6,12H,7-11H2,1-4H3,(H,22,28)(H,23,25). The van der Waals surface area contributed by atoms with Crippen LogP contribution in [0.5, 0.6) is 17.2 Å². The van der Waals surface area contributed by atoms with Gasteiger partial charge in [-0.25, -0.2) is 9.59 Å². The second-order valence-corrected chi connectivity index (χ2v) is 7.83. The summed E-state index contributed by atoms with van der Waals surface area (Å²) in [5.74, 6) is -1.09. The molecule has 1 heterocycles. The lowest BCUT2D eigenvalue weighted by molar-refractivity contribution is -0.141. The van der Waals surface area contributed by atoms with Crippen LogP contribution in [0.25, 0.3) is 0 Å². The molecule has 32 heavy (non-hydrogen) atoms. The third kappa shape index (κ3) is 4.27. The van der Waals surface area contributed by atoms with Crippen molar-refractivity contribution < 1.29 is 38.1 Å². The van der Waals surface area contributed by atoms with E-state index in [9.17, 15) is 19.2 Å². The van der Waals surface area contributed by atoms with E-state index in [1.54, 1.807) is 0 Å². The van der Waals surface area contributed by atoms with Gasteiger partial charge in [0.15, 0.2) is 18.1 Å². The van der Waals surface area contributed by atoms with Gasteiger partial charge in [-0.15, -0.1) is 0 Å². The maximum absolute atomic E-state index is 12.8. The Kier molecular flexibility index (Phi) is 6.75. The number of nitrogens with zero attached hydrogens (tertiary/aromatic N) is 1. The summed E-state index contributed by atoms with van der Waals surface area (Å²) >= 11 is 0. The number of esters is 1. The van der Waals surface area contributed by atoms with Gasteiger partial charge in [0.1, 0.15) is 11.1 Å². The van der Waals surface area contributed by atoms with E-state index in [2.05, 4.69) is 17.7 Å². The van der Waals surface area contributed by atoms with E-state index in [0.29, 0.717) is 29.5 Å². The number of urea groups is 1. The molecule has 0 bridgehead atoms. The van der Waals surface area contributed by atoms with Crippen molar-refractivity contribution >= 4 is 23.8 Å². The molecule has 0 unspecified atom stereocenters. The second kappa shape index (κ2) is 9.33. The fourth-order valence-electron chi connectivity index (χ4n) is 3.94. The van der Waals surface area contributed by atoms with E-state index in [4.69, 9.17) is 18.9 Å². The Labute approximate surface area is 185 Å². The highest BCUT2D eigenvalue weighted by Gasteiger charge is 2.52. The number of rotatable bonds is 7. The molecule has 2 fully saturated rings. The molecule has 0 aromatic heterocycles. The summed E-state index contributed by atoms with van der Waals surface area (Å²) in [5.41, 5.74) is 1.25. The Balaban J connectivity index is 1.62. The molecule has 1 aromatic rings. The van der Waals surface area contributed by atoms with E-state index in [-0.39, 0.29) is 17.1 Å². The van der Waals surface area contributed by atoms with Crippen molar-refractivity contribution in [1.82, 2.24) is 15.8 Å². The number of hydrogen-bond acceptors (Lipinski definition) is 8. The van der Waals surface area contributed by atoms with Crippen molar-refractivity contribution in [2.24, 2.45) is 5.92 Å². The van der Waals surface area contributed by atoms with E-state index < -0.39 is 36.0 Å². The lowest BCUT2D eigenvalue weighted by atomic mass is 9.77. The number of carbonyl (C=O) groups excluding carboxylic acids is 4. The van der Waals surface area contributed by atoms with Crippen molar-refractivity contribution in [2.75, 3.05) is 27.9 Å². The van der Waals surface area contributed by atoms with Crippen LogP contribution in [0.15, 0.2) is 12.1 Å². The van der Waals surface area contributed by atoms with E-state index in [1.807, 2.05) is 0 Å². The van der Waals surface area contributed by atoms with Crippen LogP contribution in [0.3, 0.4) is 0 Å². The van der Waals surface area contributed by atoms with E-state index >= 15 is 0 Å². The Morgan fingerprint density at radius 2 is 1.75 bits per heavy atom. The van der Waals surface area contributed by atoms with Crippen molar-refractivity contribution in [3.63, 3.8) is 0 Å². The lowest BCUT2D eigenvalue weighted by Gasteiger charge is -2.33. The van der Waals surface area contributed by atoms with Crippen LogP contribution in [0.2, 0.25) is 0 Å². The zero-order valence-electron chi connectivity index (χ0n) is 18.5. The smallest absolute Gasteiger partial charge is 0.344 e. The van der Waals surface area contributed by atoms with Gasteiger partial charge in [-0.3, -0.25) is 15.0 Å². The maximum atomic E-state index is 12.8. The van der Waals surface area contributed by atoms with Gasteiger partial charge in [-0.1, -0.05) is 6.92 Å². The third-order valence-electron chi connectivity index (χ3n) is 5.78. The molecule has 1 aliphatic carbocycles. The average Bonchev–Trinajstić information content (AvgIpc) is 3.02. The number of methoxy groups -OCH3 is 3. The molecule has 2 N–H and O–H groups in total. The number of ether oxygens (including phenoxy) is 4. The SMILES string of the molecule is COc1ccc(C(=O)OCC(=O)NN2C(=O)NC3(CCC(C)CC3)C2=O)c(OC)c1OC. The molecule has 1 aliphatic heterocycles. The van der Waals surface area contributed by atoms with Crippen molar-refractivity contribution in [1.29, 1.82) is 0 Å². The molecule has 11 heteroatoms. The number of imide groups is 1. The highest BCUT2D eigenvalue weighted by atomic mass is 16.5. The van der Waals surface area contributed by atoms with Crippen LogP contribution in [-0.4, -0.2) is 62.3 Å². The number of amides is 4. The number of nitrogens with one attached hydrogen (secondary N) is 2. The monoisotopic (exact) mass is 449 g/mol. The van der Waals surface area contributed by atoms with Gasteiger partial charge in [0.25, 0.3) is 11.8 Å². The molecule has 1 spiro atoms. The zero-order valence-corrected chi connectivity index (χ0v) is 18.5.